The number of rotatable bonds is 7. The smallest absolute Gasteiger partial charge is 0.251 e. The summed E-state index contributed by atoms with van der Waals surface area (Å²) in [7, 11) is 0. The SMILES string of the molecule is CC(C)(C)c1ccc(C(=O)NCCC(=O)Nc2cccc(Cn3cncn3)c2)cc1. The maximum atomic E-state index is 12.3. The third kappa shape index (κ3) is 6.01. The molecule has 0 aliphatic heterocycles. The van der Waals surface area contributed by atoms with Crippen molar-refractivity contribution in [2.75, 3.05) is 11.9 Å². The van der Waals surface area contributed by atoms with E-state index in [1.54, 1.807) is 11.0 Å². The number of hydrogen-bond acceptors (Lipinski definition) is 4. The van der Waals surface area contributed by atoms with Gasteiger partial charge >= 0.3 is 0 Å². The lowest BCUT2D eigenvalue weighted by Crippen LogP contribution is -2.27. The Morgan fingerprint density at radius 2 is 1.83 bits per heavy atom. The molecular weight excluding hydrogens is 378 g/mol. The fourth-order valence-corrected chi connectivity index (χ4v) is 2.99. The Morgan fingerprint density at radius 1 is 1.07 bits per heavy atom. The summed E-state index contributed by atoms with van der Waals surface area (Å²) >= 11 is 0. The second-order valence-electron chi connectivity index (χ2n) is 8.17. The van der Waals surface area contributed by atoms with Crippen molar-refractivity contribution in [3.8, 4) is 0 Å². The third-order valence-electron chi connectivity index (χ3n) is 4.67. The zero-order valence-electron chi connectivity index (χ0n) is 17.6. The van der Waals surface area contributed by atoms with Gasteiger partial charge < -0.3 is 10.6 Å². The van der Waals surface area contributed by atoms with Gasteiger partial charge in [-0.25, -0.2) is 9.67 Å². The fourth-order valence-electron chi connectivity index (χ4n) is 2.99. The summed E-state index contributed by atoms with van der Waals surface area (Å²) in [6.45, 7) is 7.24. The van der Waals surface area contributed by atoms with E-state index in [0.717, 1.165) is 5.56 Å². The van der Waals surface area contributed by atoms with Gasteiger partial charge in [-0.3, -0.25) is 9.59 Å². The van der Waals surface area contributed by atoms with Crippen LogP contribution < -0.4 is 10.6 Å². The lowest BCUT2D eigenvalue weighted by molar-refractivity contribution is -0.116. The molecule has 0 atom stereocenters. The van der Waals surface area contributed by atoms with E-state index >= 15 is 0 Å². The highest BCUT2D eigenvalue weighted by atomic mass is 16.2. The number of amides is 2. The van der Waals surface area contributed by atoms with Gasteiger partial charge in [0.2, 0.25) is 5.91 Å². The van der Waals surface area contributed by atoms with Crippen LogP contribution in [0.2, 0.25) is 0 Å². The van der Waals surface area contributed by atoms with Gasteiger partial charge in [-0.15, -0.1) is 0 Å². The van der Waals surface area contributed by atoms with Crippen molar-refractivity contribution in [3.05, 3.63) is 77.9 Å². The fraction of sp³-hybridized carbons (Fsp3) is 0.304. The largest absolute Gasteiger partial charge is 0.352 e. The minimum Gasteiger partial charge on any atom is -0.352 e. The molecule has 0 unspecified atom stereocenters. The molecule has 3 rings (SSSR count). The number of nitrogens with zero attached hydrogens (tertiary/aromatic N) is 3. The minimum absolute atomic E-state index is 0.0413. The topological polar surface area (TPSA) is 88.9 Å². The molecule has 7 heteroatoms. The highest BCUT2D eigenvalue weighted by Crippen LogP contribution is 2.22. The van der Waals surface area contributed by atoms with Crippen molar-refractivity contribution >= 4 is 17.5 Å². The summed E-state index contributed by atoms with van der Waals surface area (Å²) in [5.41, 5.74) is 3.51. The minimum atomic E-state index is -0.182. The van der Waals surface area contributed by atoms with Gasteiger partial charge in [0.15, 0.2) is 0 Å². The first kappa shape index (κ1) is 21.2. The molecule has 156 valence electrons. The lowest BCUT2D eigenvalue weighted by atomic mass is 9.87. The van der Waals surface area contributed by atoms with Crippen LogP contribution in [0.25, 0.3) is 0 Å². The molecule has 1 aromatic heterocycles. The first-order chi connectivity index (χ1) is 14.3. The standard InChI is InChI=1S/C23H27N5O2/c1-23(2,3)19-9-7-18(8-10-19)22(30)25-12-11-21(29)27-20-6-4-5-17(13-20)14-28-16-24-15-26-28/h4-10,13,15-16H,11-12,14H2,1-3H3,(H,25,30)(H,27,29). The van der Waals surface area contributed by atoms with Gasteiger partial charge in [-0.2, -0.15) is 5.10 Å². The van der Waals surface area contributed by atoms with Crippen molar-refractivity contribution in [3.63, 3.8) is 0 Å². The third-order valence-corrected chi connectivity index (χ3v) is 4.67. The molecule has 0 saturated heterocycles. The first-order valence-electron chi connectivity index (χ1n) is 9.91. The molecule has 30 heavy (non-hydrogen) atoms. The average molecular weight is 406 g/mol. The molecule has 0 spiro atoms. The van der Waals surface area contributed by atoms with Gasteiger partial charge in [-0.1, -0.05) is 45.0 Å². The predicted octanol–water partition coefficient (Wildman–Crippen LogP) is 3.38. The molecule has 3 aromatic rings. The van der Waals surface area contributed by atoms with E-state index in [1.807, 2.05) is 48.5 Å². The monoisotopic (exact) mass is 405 g/mol. The molecular formula is C23H27N5O2. The number of aromatic nitrogens is 3. The average Bonchev–Trinajstić information content (AvgIpc) is 3.20. The van der Waals surface area contributed by atoms with Gasteiger partial charge in [0.25, 0.3) is 5.91 Å². The van der Waals surface area contributed by atoms with Gasteiger partial charge in [0, 0.05) is 24.2 Å². The Balaban J connectivity index is 1.46. The Labute approximate surface area is 176 Å². The van der Waals surface area contributed by atoms with Crippen molar-refractivity contribution in [1.82, 2.24) is 20.1 Å². The van der Waals surface area contributed by atoms with E-state index in [9.17, 15) is 9.59 Å². The van der Waals surface area contributed by atoms with E-state index in [2.05, 4.69) is 41.5 Å². The van der Waals surface area contributed by atoms with Crippen LogP contribution in [-0.2, 0) is 16.8 Å². The Kier molecular flexibility index (Phi) is 6.61. The maximum Gasteiger partial charge on any atom is 0.251 e. The molecule has 0 bridgehead atoms. The first-order valence-corrected chi connectivity index (χ1v) is 9.91. The van der Waals surface area contributed by atoms with Crippen LogP contribution >= 0.6 is 0 Å². The maximum absolute atomic E-state index is 12.3. The van der Waals surface area contributed by atoms with E-state index in [-0.39, 0.29) is 30.2 Å². The Bertz CT molecular complexity index is 989. The van der Waals surface area contributed by atoms with Crippen LogP contribution in [-0.4, -0.2) is 33.1 Å². The lowest BCUT2D eigenvalue weighted by Gasteiger charge is -2.19. The normalized spacial score (nSPS) is 11.2. The van der Waals surface area contributed by atoms with Crippen LogP contribution in [0.4, 0.5) is 5.69 Å². The molecule has 0 saturated carbocycles. The van der Waals surface area contributed by atoms with Crippen LogP contribution in [0.5, 0.6) is 0 Å². The zero-order chi connectivity index (χ0) is 21.6. The molecule has 2 N–H and O–H groups in total. The molecule has 0 aliphatic rings. The number of carbonyl (C=O) groups is 2. The summed E-state index contributed by atoms with van der Waals surface area (Å²) in [4.78, 5) is 28.4. The van der Waals surface area contributed by atoms with Crippen LogP contribution in [0.15, 0.2) is 61.2 Å². The number of nitrogens with one attached hydrogen (secondary N) is 2. The van der Waals surface area contributed by atoms with Crippen LogP contribution in [0.1, 0.15) is 48.7 Å². The zero-order valence-corrected chi connectivity index (χ0v) is 17.6. The summed E-state index contributed by atoms with van der Waals surface area (Å²) < 4.78 is 1.71. The highest BCUT2D eigenvalue weighted by Gasteiger charge is 2.14. The van der Waals surface area contributed by atoms with E-state index in [1.165, 1.54) is 11.9 Å². The number of anilines is 1. The summed E-state index contributed by atoms with van der Waals surface area (Å²) in [5.74, 6) is -0.339. The van der Waals surface area contributed by atoms with E-state index in [0.29, 0.717) is 17.8 Å². The van der Waals surface area contributed by atoms with Crippen LogP contribution in [0, 0.1) is 0 Å². The highest BCUT2D eigenvalue weighted by molar-refractivity contribution is 5.95. The van der Waals surface area contributed by atoms with Crippen molar-refractivity contribution < 1.29 is 9.59 Å². The second kappa shape index (κ2) is 9.35. The molecule has 2 aromatic carbocycles. The molecule has 0 radical (unpaired) electrons. The van der Waals surface area contributed by atoms with E-state index in [4.69, 9.17) is 0 Å². The van der Waals surface area contributed by atoms with Crippen molar-refractivity contribution in [2.45, 2.75) is 39.2 Å². The van der Waals surface area contributed by atoms with E-state index < -0.39 is 0 Å². The number of hydrogen-bond donors (Lipinski definition) is 2. The predicted molar refractivity (Wildman–Crippen MR) is 116 cm³/mol. The number of benzene rings is 2. The molecule has 0 aliphatic carbocycles. The molecule has 7 nitrogen and oxygen atoms in total. The van der Waals surface area contributed by atoms with Crippen molar-refractivity contribution in [2.24, 2.45) is 0 Å². The quantitative estimate of drug-likeness (QED) is 0.631. The summed E-state index contributed by atoms with van der Waals surface area (Å²) in [5, 5.41) is 9.74. The van der Waals surface area contributed by atoms with Crippen molar-refractivity contribution in [1.29, 1.82) is 0 Å². The van der Waals surface area contributed by atoms with Gasteiger partial charge in [-0.05, 0) is 40.8 Å². The Hall–Kier alpha value is -3.48. The van der Waals surface area contributed by atoms with Gasteiger partial charge in [0.1, 0.15) is 12.7 Å². The molecule has 1 heterocycles. The Morgan fingerprint density at radius 3 is 2.50 bits per heavy atom. The molecule has 2 amide bonds. The summed E-state index contributed by atoms with van der Waals surface area (Å²) in [6, 6.07) is 15.1. The van der Waals surface area contributed by atoms with Crippen LogP contribution in [0.3, 0.4) is 0 Å². The second-order valence-corrected chi connectivity index (χ2v) is 8.17. The summed E-state index contributed by atoms with van der Waals surface area (Å²) in [6.07, 6.45) is 3.32. The van der Waals surface area contributed by atoms with Gasteiger partial charge in [0.05, 0.1) is 6.54 Å². The molecule has 0 fully saturated rings. The number of carbonyl (C=O) groups excluding carboxylic acids is 2.